The molecule has 0 saturated carbocycles. The second-order valence-electron chi connectivity index (χ2n) is 4.16. The van der Waals surface area contributed by atoms with Gasteiger partial charge in [0.05, 0.1) is 17.0 Å². The quantitative estimate of drug-likeness (QED) is 0.823. The molecule has 0 bridgehead atoms. The topological polar surface area (TPSA) is 63.4 Å². The van der Waals surface area contributed by atoms with Crippen LogP contribution in [-0.2, 0) is 10.0 Å². The molecule has 1 aromatic carbocycles. The zero-order valence-corrected chi connectivity index (χ0v) is 12.4. The number of thioether (sulfide) groups is 1. The Labute approximate surface area is 122 Å². The average Bonchev–Trinajstić information content (AvgIpc) is 2.47. The number of sulfonamides is 1. The standard InChI is InChI=1S/C13H15FN2O2S2/c14-13-10-12(4-3-11(13)2-1-5-15)20(17,18)16-6-8-19-9-7-16/h3-4,10H,5-9,15H2. The van der Waals surface area contributed by atoms with Crippen LogP contribution in [0, 0.1) is 17.7 Å². The highest BCUT2D eigenvalue weighted by atomic mass is 32.2. The monoisotopic (exact) mass is 314 g/mol. The lowest BCUT2D eigenvalue weighted by molar-refractivity contribution is 0.443. The van der Waals surface area contributed by atoms with Gasteiger partial charge in [0.25, 0.3) is 0 Å². The van der Waals surface area contributed by atoms with Crippen LogP contribution in [0.15, 0.2) is 23.1 Å². The van der Waals surface area contributed by atoms with Gasteiger partial charge in [-0.2, -0.15) is 16.1 Å². The molecule has 2 N–H and O–H groups in total. The van der Waals surface area contributed by atoms with E-state index in [0.717, 1.165) is 17.6 Å². The molecule has 1 aliphatic heterocycles. The van der Waals surface area contributed by atoms with Crippen LogP contribution in [0.5, 0.6) is 0 Å². The van der Waals surface area contributed by atoms with Crippen molar-refractivity contribution in [1.29, 1.82) is 0 Å². The van der Waals surface area contributed by atoms with Crippen LogP contribution >= 0.6 is 11.8 Å². The molecule has 0 unspecified atom stereocenters. The Morgan fingerprint density at radius 3 is 2.65 bits per heavy atom. The third kappa shape index (κ3) is 3.33. The summed E-state index contributed by atoms with van der Waals surface area (Å²) in [6.45, 7) is 1.05. The van der Waals surface area contributed by atoms with Gasteiger partial charge in [-0.25, -0.2) is 12.8 Å². The van der Waals surface area contributed by atoms with Crippen molar-refractivity contribution in [3.8, 4) is 11.8 Å². The van der Waals surface area contributed by atoms with E-state index in [1.54, 1.807) is 11.8 Å². The summed E-state index contributed by atoms with van der Waals surface area (Å²) >= 11 is 1.71. The van der Waals surface area contributed by atoms with E-state index < -0.39 is 15.8 Å². The van der Waals surface area contributed by atoms with Gasteiger partial charge >= 0.3 is 0 Å². The maximum Gasteiger partial charge on any atom is 0.243 e. The van der Waals surface area contributed by atoms with Crippen molar-refractivity contribution in [2.24, 2.45) is 5.73 Å². The predicted octanol–water partition coefficient (Wildman–Crippen LogP) is 0.873. The molecule has 4 nitrogen and oxygen atoms in total. The van der Waals surface area contributed by atoms with E-state index in [-0.39, 0.29) is 17.0 Å². The summed E-state index contributed by atoms with van der Waals surface area (Å²) in [6, 6.07) is 3.79. The largest absolute Gasteiger partial charge is 0.320 e. The lowest BCUT2D eigenvalue weighted by atomic mass is 10.2. The maximum atomic E-state index is 13.8. The first-order valence-electron chi connectivity index (χ1n) is 6.12. The van der Waals surface area contributed by atoms with E-state index in [1.807, 2.05) is 0 Å². The van der Waals surface area contributed by atoms with Crippen LogP contribution in [0.4, 0.5) is 4.39 Å². The highest BCUT2D eigenvalue weighted by molar-refractivity contribution is 7.99. The van der Waals surface area contributed by atoms with Gasteiger partial charge < -0.3 is 5.73 Å². The molecule has 0 radical (unpaired) electrons. The van der Waals surface area contributed by atoms with Crippen molar-refractivity contribution in [3.63, 3.8) is 0 Å². The molecule has 2 rings (SSSR count). The first-order chi connectivity index (χ1) is 9.55. The van der Waals surface area contributed by atoms with E-state index >= 15 is 0 Å². The number of hydrogen-bond acceptors (Lipinski definition) is 4. The van der Waals surface area contributed by atoms with Gasteiger partial charge in [-0.3, -0.25) is 0 Å². The zero-order valence-electron chi connectivity index (χ0n) is 10.8. The van der Waals surface area contributed by atoms with Gasteiger partial charge in [-0.1, -0.05) is 11.8 Å². The number of rotatable bonds is 2. The summed E-state index contributed by atoms with van der Waals surface area (Å²) < 4.78 is 40.0. The van der Waals surface area contributed by atoms with Crippen molar-refractivity contribution in [2.45, 2.75) is 4.90 Å². The molecule has 1 fully saturated rings. The average molecular weight is 314 g/mol. The van der Waals surface area contributed by atoms with E-state index in [0.29, 0.717) is 13.1 Å². The number of halogens is 1. The van der Waals surface area contributed by atoms with E-state index in [9.17, 15) is 12.8 Å². The minimum atomic E-state index is -3.61. The molecular formula is C13H15FN2O2S2. The molecule has 7 heteroatoms. The summed E-state index contributed by atoms with van der Waals surface area (Å²) in [6.07, 6.45) is 0. The van der Waals surface area contributed by atoms with Crippen molar-refractivity contribution < 1.29 is 12.8 Å². The van der Waals surface area contributed by atoms with Crippen LogP contribution in [0.1, 0.15) is 5.56 Å². The SMILES string of the molecule is NCC#Cc1ccc(S(=O)(=O)N2CCSCC2)cc1F. The maximum absolute atomic E-state index is 13.8. The van der Waals surface area contributed by atoms with Gasteiger partial charge in [0.2, 0.25) is 10.0 Å². The van der Waals surface area contributed by atoms with Crippen molar-refractivity contribution in [3.05, 3.63) is 29.6 Å². The van der Waals surface area contributed by atoms with Crippen LogP contribution in [0.2, 0.25) is 0 Å². The number of hydrogen-bond donors (Lipinski definition) is 1. The zero-order chi connectivity index (χ0) is 14.6. The summed E-state index contributed by atoms with van der Waals surface area (Å²) in [5, 5.41) is 0. The molecule has 1 aromatic rings. The van der Waals surface area contributed by atoms with Gasteiger partial charge in [0.15, 0.2) is 0 Å². The van der Waals surface area contributed by atoms with Gasteiger partial charge in [0, 0.05) is 24.6 Å². The third-order valence-electron chi connectivity index (χ3n) is 2.87. The Morgan fingerprint density at radius 2 is 2.05 bits per heavy atom. The third-order valence-corrected chi connectivity index (χ3v) is 5.71. The number of nitrogens with zero attached hydrogens (tertiary/aromatic N) is 1. The van der Waals surface area contributed by atoms with Crippen molar-refractivity contribution in [2.75, 3.05) is 31.1 Å². The smallest absolute Gasteiger partial charge is 0.243 e. The minimum absolute atomic E-state index is 0.0276. The molecule has 0 atom stereocenters. The van der Waals surface area contributed by atoms with Gasteiger partial charge in [0.1, 0.15) is 5.82 Å². The minimum Gasteiger partial charge on any atom is -0.320 e. The predicted molar refractivity (Wildman–Crippen MR) is 78.4 cm³/mol. The van der Waals surface area contributed by atoms with Gasteiger partial charge in [-0.05, 0) is 18.2 Å². The van der Waals surface area contributed by atoms with E-state index in [1.165, 1.54) is 16.4 Å². The van der Waals surface area contributed by atoms with Crippen LogP contribution in [0.3, 0.4) is 0 Å². The lowest BCUT2D eigenvalue weighted by Gasteiger charge is -2.25. The molecule has 20 heavy (non-hydrogen) atoms. The van der Waals surface area contributed by atoms with E-state index in [2.05, 4.69) is 11.8 Å². The molecule has 0 amide bonds. The molecule has 0 spiro atoms. The summed E-state index contributed by atoms with van der Waals surface area (Å²) in [7, 11) is -3.61. The Bertz CT molecular complexity index is 644. The molecule has 1 saturated heterocycles. The van der Waals surface area contributed by atoms with Crippen molar-refractivity contribution in [1.82, 2.24) is 4.31 Å². The first-order valence-corrected chi connectivity index (χ1v) is 8.71. The number of nitrogens with two attached hydrogens (primary N) is 1. The Kier molecular flexibility index (Phi) is 5.05. The highest BCUT2D eigenvalue weighted by Crippen LogP contribution is 2.21. The second kappa shape index (κ2) is 6.59. The van der Waals surface area contributed by atoms with E-state index in [4.69, 9.17) is 5.73 Å². The first kappa shape index (κ1) is 15.3. The molecule has 1 heterocycles. The Morgan fingerprint density at radius 1 is 1.35 bits per heavy atom. The highest BCUT2D eigenvalue weighted by Gasteiger charge is 2.26. The van der Waals surface area contributed by atoms with Crippen LogP contribution < -0.4 is 5.73 Å². The summed E-state index contributed by atoms with van der Waals surface area (Å²) in [4.78, 5) is -0.0276. The normalized spacial score (nSPS) is 16.5. The molecule has 108 valence electrons. The molecular weight excluding hydrogens is 299 g/mol. The fourth-order valence-corrected chi connectivity index (χ4v) is 4.43. The number of benzene rings is 1. The second-order valence-corrected chi connectivity index (χ2v) is 7.33. The molecule has 0 aliphatic carbocycles. The molecule has 1 aliphatic rings. The molecule has 0 aromatic heterocycles. The fourth-order valence-electron chi connectivity index (χ4n) is 1.84. The Hall–Kier alpha value is -1.07. The summed E-state index contributed by atoms with van der Waals surface area (Å²) in [5.41, 5.74) is 5.38. The van der Waals surface area contributed by atoms with Gasteiger partial charge in [-0.15, -0.1) is 0 Å². The van der Waals surface area contributed by atoms with Crippen LogP contribution in [0.25, 0.3) is 0 Å². The van der Waals surface area contributed by atoms with Crippen molar-refractivity contribution >= 4 is 21.8 Å². The summed E-state index contributed by atoms with van der Waals surface area (Å²) in [5.74, 6) is 6.00. The lowest BCUT2D eigenvalue weighted by Crippen LogP contribution is -2.37. The fraction of sp³-hybridized carbons (Fsp3) is 0.385. The Balaban J connectivity index is 2.30. The van der Waals surface area contributed by atoms with Crippen LogP contribution in [-0.4, -0.2) is 43.9 Å².